The molecule has 4 heteroatoms. The number of nitrogens with zero attached hydrogens (tertiary/aromatic N) is 1. The van der Waals surface area contributed by atoms with Crippen molar-refractivity contribution in [2.75, 3.05) is 6.54 Å². The van der Waals surface area contributed by atoms with Crippen LogP contribution in [0.2, 0.25) is 0 Å². The average Bonchev–Trinajstić information content (AvgIpc) is 2.86. The van der Waals surface area contributed by atoms with Crippen molar-refractivity contribution in [3.05, 3.63) is 28.3 Å². The lowest BCUT2D eigenvalue weighted by molar-refractivity contribution is 0.376. The van der Waals surface area contributed by atoms with Crippen molar-refractivity contribution in [3.63, 3.8) is 0 Å². The minimum atomic E-state index is 0.105. The molecule has 0 unspecified atom stereocenters. The Kier molecular flexibility index (Phi) is 3.35. The fraction of sp³-hybridized carbons (Fsp3) is 0.462. The Labute approximate surface area is 106 Å². The van der Waals surface area contributed by atoms with E-state index in [0.29, 0.717) is 6.54 Å². The van der Waals surface area contributed by atoms with Crippen LogP contribution < -0.4 is 5.73 Å². The molecule has 0 saturated heterocycles. The van der Waals surface area contributed by atoms with Crippen LogP contribution in [0.4, 0.5) is 0 Å². The molecule has 2 aromatic rings. The number of furan rings is 1. The number of hydrogen-bond donors (Lipinski definition) is 1. The first-order valence-electron chi connectivity index (χ1n) is 5.71. The molecule has 0 bridgehead atoms. The van der Waals surface area contributed by atoms with Gasteiger partial charge in [-0.2, -0.15) is 0 Å². The smallest absolute Gasteiger partial charge is 0.153 e. The van der Waals surface area contributed by atoms with Gasteiger partial charge in [-0.25, -0.2) is 4.98 Å². The molecule has 0 aliphatic heterocycles. The summed E-state index contributed by atoms with van der Waals surface area (Å²) in [4.78, 5) is 4.60. The van der Waals surface area contributed by atoms with Crippen LogP contribution in [0.5, 0.6) is 0 Å². The molecule has 0 saturated carbocycles. The summed E-state index contributed by atoms with van der Waals surface area (Å²) in [6, 6.07) is 3.92. The summed E-state index contributed by atoms with van der Waals surface area (Å²) in [5, 5.41) is 3.16. The second-order valence-electron chi connectivity index (χ2n) is 5.08. The fourth-order valence-electron chi connectivity index (χ4n) is 1.56. The van der Waals surface area contributed by atoms with Gasteiger partial charge in [-0.15, -0.1) is 11.3 Å². The Morgan fingerprint density at radius 3 is 2.76 bits per heavy atom. The molecule has 2 N–H and O–H groups in total. The molecule has 92 valence electrons. The van der Waals surface area contributed by atoms with Crippen LogP contribution in [0.3, 0.4) is 0 Å². The van der Waals surface area contributed by atoms with E-state index in [1.807, 2.05) is 24.4 Å². The molecule has 0 aliphatic carbocycles. The fourth-order valence-corrected chi connectivity index (χ4v) is 2.60. The second-order valence-corrected chi connectivity index (χ2v) is 6.02. The zero-order valence-corrected chi connectivity index (χ0v) is 11.3. The Bertz CT molecular complexity index is 499. The quantitative estimate of drug-likeness (QED) is 0.906. The molecule has 2 heterocycles. The molecule has 0 aliphatic rings. The summed E-state index contributed by atoms with van der Waals surface area (Å²) < 4.78 is 5.56. The predicted octanol–water partition coefficient (Wildman–Crippen LogP) is 3.24. The lowest BCUT2D eigenvalue weighted by Crippen LogP contribution is -2.25. The maximum absolute atomic E-state index is 5.73. The number of rotatable bonds is 4. The van der Waals surface area contributed by atoms with Crippen molar-refractivity contribution in [3.8, 4) is 11.5 Å². The van der Waals surface area contributed by atoms with Crippen molar-refractivity contribution in [2.24, 2.45) is 11.1 Å². The molecule has 0 aromatic carbocycles. The number of aromatic nitrogens is 1. The number of aryl methyl sites for hydroxylation is 1. The van der Waals surface area contributed by atoms with Crippen LogP contribution in [0.1, 0.15) is 24.6 Å². The van der Waals surface area contributed by atoms with Gasteiger partial charge in [0.1, 0.15) is 11.5 Å². The predicted molar refractivity (Wildman–Crippen MR) is 71.1 cm³/mol. The van der Waals surface area contributed by atoms with E-state index in [2.05, 4.69) is 18.8 Å². The van der Waals surface area contributed by atoms with Crippen LogP contribution in [0.15, 0.2) is 21.9 Å². The van der Waals surface area contributed by atoms with E-state index in [1.54, 1.807) is 11.3 Å². The van der Waals surface area contributed by atoms with E-state index >= 15 is 0 Å². The van der Waals surface area contributed by atoms with Gasteiger partial charge in [0.05, 0.1) is 5.01 Å². The minimum Gasteiger partial charge on any atom is -0.460 e. The summed E-state index contributed by atoms with van der Waals surface area (Å²) in [7, 11) is 0. The highest BCUT2D eigenvalue weighted by atomic mass is 32.1. The van der Waals surface area contributed by atoms with Gasteiger partial charge >= 0.3 is 0 Å². The molecule has 2 aromatic heterocycles. The topological polar surface area (TPSA) is 52.0 Å². The van der Waals surface area contributed by atoms with Gasteiger partial charge in [-0.05, 0) is 31.0 Å². The zero-order valence-electron chi connectivity index (χ0n) is 10.5. The molecule has 0 atom stereocenters. The maximum atomic E-state index is 5.73. The molecule has 0 fully saturated rings. The third-order valence-corrected chi connectivity index (χ3v) is 3.58. The Morgan fingerprint density at radius 1 is 1.41 bits per heavy atom. The average molecular weight is 250 g/mol. The van der Waals surface area contributed by atoms with Crippen molar-refractivity contribution in [1.29, 1.82) is 0 Å². The summed E-state index contributed by atoms with van der Waals surface area (Å²) >= 11 is 1.67. The Balaban J connectivity index is 2.16. The zero-order chi connectivity index (χ0) is 12.5. The number of nitrogens with two attached hydrogens (primary N) is 1. The lowest BCUT2D eigenvalue weighted by Gasteiger charge is -2.20. The first-order valence-corrected chi connectivity index (χ1v) is 6.59. The van der Waals surface area contributed by atoms with Crippen molar-refractivity contribution in [1.82, 2.24) is 4.98 Å². The van der Waals surface area contributed by atoms with Crippen molar-refractivity contribution >= 4 is 11.3 Å². The summed E-state index contributed by atoms with van der Waals surface area (Å²) in [6.45, 7) is 6.92. The van der Waals surface area contributed by atoms with Gasteiger partial charge in [0.2, 0.25) is 0 Å². The van der Waals surface area contributed by atoms with Crippen molar-refractivity contribution < 1.29 is 4.42 Å². The highest BCUT2D eigenvalue weighted by Gasteiger charge is 2.19. The number of thiazole rings is 1. The van der Waals surface area contributed by atoms with E-state index < -0.39 is 0 Å². The second kappa shape index (κ2) is 4.63. The van der Waals surface area contributed by atoms with E-state index in [-0.39, 0.29) is 5.41 Å². The van der Waals surface area contributed by atoms with Crippen molar-refractivity contribution in [2.45, 2.75) is 27.2 Å². The largest absolute Gasteiger partial charge is 0.460 e. The SMILES string of the molecule is Cc1ccc(-c2csc(CC(C)(C)CN)n2)o1. The van der Waals surface area contributed by atoms with Crippen LogP contribution in [-0.4, -0.2) is 11.5 Å². The van der Waals surface area contributed by atoms with Crippen LogP contribution >= 0.6 is 11.3 Å². The normalized spacial score (nSPS) is 12.0. The lowest BCUT2D eigenvalue weighted by atomic mass is 9.90. The molecule has 3 nitrogen and oxygen atoms in total. The third-order valence-electron chi connectivity index (χ3n) is 2.73. The van der Waals surface area contributed by atoms with E-state index in [9.17, 15) is 0 Å². The van der Waals surface area contributed by atoms with Gasteiger partial charge < -0.3 is 10.2 Å². The number of hydrogen-bond acceptors (Lipinski definition) is 4. The monoisotopic (exact) mass is 250 g/mol. The van der Waals surface area contributed by atoms with Gasteiger partial charge in [0.15, 0.2) is 5.76 Å². The minimum absolute atomic E-state index is 0.105. The Hall–Kier alpha value is -1.13. The van der Waals surface area contributed by atoms with Gasteiger partial charge in [-0.1, -0.05) is 13.8 Å². The van der Waals surface area contributed by atoms with E-state index in [4.69, 9.17) is 10.2 Å². The highest BCUT2D eigenvalue weighted by molar-refractivity contribution is 7.09. The van der Waals surface area contributed by atoms with Crippen LogP contribution in [0, 0.1) is 12.3 Å². The first kappa shape index (κ1) is 12.3. The maximum Gasteiger partial charge on any atom is 0.153 e. The third kappa shape index (κ3) is 2.96. The molecule has 17 heavy (non-hydrogen) atoms. The van der Waals surface area contributed by atoms with Crippen LogP contribution in [0.25, 0.3) is 11.5 Å². The molecule has 0 radical (unpaired) electrons. The highest BCUT2D eigenvalue weighted by Crippen LogP contribution is 2.27. The standard InChI is InChI=1S/C13H18N2OS/c1-9-4-5-11(16-9)10-7-17-12(15-10)6-13(2,3)8-14/h4-5,7H,6,8,14H2,1-3H3. The molecule has 2 rings (SSSR count). The summed E-state index contributed by atoms with van der Waals surface area (Å²) in [6.07, 6.45) is 0.911. The van der Waals surface area contributed by atoms with E-state index in [1.165, 1.54) is 0 Å². The Morgan fingerprint density at radius 2 is 2.18 bits per heavy atom. The summed E-state index contributed by atoms with van der Waals surface area (Å²) in [5.74, 6) is 1.76. The first-order chi connectivity index (χ1) is 8.00. The molecule has 0 spiro atoms. The van der Waals surface area contributed by atoms with E-state index in [0.717, 1.165) is 28.6 Å². The van der Waals surface area contributed by atoms with Gasteiger partial charge in [0, 0.05) is 11.8 Å². The molecular formula is C13H18N2OS. The molecule has 0 amide bonds. The molecular weight excluding hydrogens is 232 g/mol. The van der Waals surface area contributed by atoms with Gasteiger partial charge in [0.25, 0.3) is 0 Å². The van der Waals surface area contributed by atoms with Gasteiger partial charge in [-0.3, -0.25) is 0 Å². The van der Waals surface area contributed by atoms with Crippen LogP contribution in [-0.2, 0) is 6.42 Å². The summed E-state index contributed by atoms with van der Waals surface area (Å²) in [5.41, 5.74) is 6.76.